The predicted octanol–water partition coefficient (Wildman–Crippen LogP) is 4.29. The molecular weight excluding hydrogens is 384 g/mol. The molecule has 1 fully saturated rings. The minimum atomic E-state index is -3.33. The first-order valence-corrected chi connectivity index (χ1v) is 12.4. The fraction of sp³-hybridized carbons (Fsp3) is 0.583. The number of allylic oxidation sites excluding steroid dienone is 1. The first kappa shape index (κ1) is 22.3. The number of benzene rings is 1. The van der Waals surface area contributed by atoms with E-state index in [-0.39, 0.29) is 23.5 Å². The molecule has 29 heavy (non-hydrogen) atoms. The molecule has 0 radical (unpaired) electrons. The number of fused-ring (bicyclic) bond motifs is 1. The van der Waals surface area contributed by atoms with Crippen LogP contribution in [-0.2, 0) is 9.84 Å². The average molecular weight is 419 g/mol. The molecule has 0 unspecified atom stereocenters. The normalized spacial score (nSPS) is 29.0. The van der Waals surface area contributed by atoms with E-state index in [4.69, 9.17) is 0 Å². The van der Waals surface area contributed by atoms with Gasteiger partial charge in [-0.3, -0.25) is 0 Å². The van der Waals surface area contributed by atoms with Crippen molar-refractivity contribution in [3.05, 3.63) is 54.1 Å². The molecule has 3 rings (SSSR count). The molecule has 1 aromatic rings. The van der Waals surface area contributed by atoms with E-state index in [1.165, 1.54) is 0 Å². The van der Waals surface area contributed by atoms with Gasteiger partial charge in [-0.15, -0.1) is 0 Å². The average Bonchev–Trinajstić information content (AvgIpc) is 3.17. The van der Waals surface area contributed by atoms with E-state index in [0.29, 0.717) is 17.7 Å². The second-order valence-corrected chi connectivity index (χ2v) is 11.0. The molecule has 0 aliphatic heterocycles. The van der Waals surface area contributed by atoms with Crippen LogP contribution in [-0.4, -0.2) is 36.1 Å². The van der Waals surface area contributed by atoms with Gasteiger partial charge in [0.1, 0.15) is 0 Å². The van der Waals surface area contributed by atoms with Gasteiger partial charge in [0.2, 0.25) is 0 Å². The third kappa shape index (κ3) is 5.59. The molecule has 160 valence electrons. The summed E-state index contributed by atoms with van der Waals surface area (Å²) in [6.45, 7) is 3.98. The Bertz CT molecular complexity index is 839. The Morgan fingerprint density at radius 1 is 1.24 bits per heavy atom. The number of aliphatic hydroxyl groups is 2. The Hall–Kier alpha value is -1.43. The van der Waals surface area contributed by atoms with Crippen molar-refractivity contribution < 1.29 is 18.6 Å². The monoisotopic (exact) mass is 418 g/mol. The number of hydrogen-bond acceptors (Lipinski definition) is 4. The zero-order chi connectivity index (χ0) is 21.1. The van der Waals surface area contributed by atoms with E-state index in [1.807, 2.05) is 19.1 Å². The Morgan fingerprint density at radius 2 is 1.97 bits per heavy atom. The van der Waals surface area contributed by atoms with Crippen molar-refractivity contribution in [2.24, 2.45) is 17.8 Å². The van der Waals surface area contributed by atoms with Crippen LogP contribution in [0.5, 0.6) is 0 Å². The van der Waals surface area contributed by atoms with Gasteiger partial charge >= 0.3 is 0 Å². The van der Waals surface area contributed by atoms with E-state index in [2.05, 4.69) is 19.1 Å². The zero-order valence-corrected chi connectivity index (χ0v) is 18.3. The summed E-state index contributed by atoms with van der Waals surface area (Å²) in [7, 11) is -3.33. The third-order valence-corrected chi connectivity index (χ3v) is 8.15. The Morgan fingerprint density at radius 3 is 2.66 bits per heavy atom. The van der Waals surface area contributed by atoms with Gasteiger partial charge in [-0.2, -0.15) is 0 Å². The number of hydrogen-bond donors (Lipinski definition) is 2. The smallest absolute Gasteiger partial charge is 0.182 e. The fourth-order valence-electron chi connectivity index (χ4n) is 4.81. The second-order valence-electron chi connectivity index (χ2n) is 9.04. The van der Waals surface area contributed by atoms with Gasteiger partial charge in [0.15, 0.2) is 9.84 Å². The van der Waals surface area contributed by atoms with Crippen molar-refractivity contribution in [1.29, 1.82) is 0 Å². The lowest BCUT2D eigenvalue weighted by Gasteiger charge is -2.22. The summed E-state index contributed by atoms with van der Waals surface area (Å²) >= 11 is 0. The summed E-state index contributed by atoms with van der Waals surface area (Å²) in [6.07, 6.45) is 10.6. The van der Waals surface area contributed by atoms with Crippen LogP contribution in [0.25, 0.3) is 0 Å². The predicted molar refractivity (Wildman–Crippen MR) is 116 cm³/mol. The zero-order valence-electron chi connectivity index (χ0n) is 17.5. The molecule has 2 N–H and O–H groups in total. The third-order valence-electron chi connectivity index (χ3n) is 6.41. The van der Waals surface area contributed by atoms with Gasteiger partial charge in [0, 0.05) is 5.92 Å². The second kappa shape index (κ2) is 9.15. The maximum absolute atomic E-state index is 12.7. The van der Waals surface area contributed by atoms with Crippen molar-refractivity contribution in [3.8, 4) is 0 Å². The summed E-state index contributed by atoms with van der Waals surface area (Å²) < 4.78 is 25.4. The molecule has 5 atom stereocenters. The molecule has 1 aromatic carbocycles. The van der Waals surface area contributed by atoms with Gasteiger partial charge in [-0.25, -0.2) is 8.42 Å². The van der Waals surface area contributed by atoms with Crippen molar-refractivity contribution in [2.45, 2.75) is 69.0 Å². The van der Waals surface area contributed by atoms with Gasteiger partial charge in [0.25, 0.3) is 0 Å². The summed E-state index contributed by atoms with van der Waals surface area (Å²) in [4.78, 5) is 0.365. The van der Waals surface area contributed by atoms with E-state index in [9.17, 15) is 18.6 Å². The molecule has 0 bridgehead atoms. The Balaban J connectivity index is 1.61. The number of rotatable bonds is 9. The lowest BCUT2D eigenvalue weighted by Crippen LogP contribution is -2.23. The fourth-order valence-corrected chi connectivity index (χ4v) is 6.25. The van der Waals surface area contributed by atoms with Crippen LogP contribution in [0, 0.1) is 17.8 Å². The first-order valence-electron chi connectivity index (χ1n) is 10.8. The molecular formula is C24H34O4S. The summed E-state index contributed by atoms with van der Waals surface area (Å²) in [6, 6.07) is 8.60. The lowest BCUT2D eigenvalue weighted by atomic mass is 9.88. The number of aliphatic hydroxyl groups excluding tert-OH is 1. The highest BCUT2D eigenvalue weighted by Crippen LogP contribution is 2.47. The molecule has 2 aliphatic carbocycles. The molecule has 2 aliphatic rings. The summed E-state index contributed by atoms with van der Waals surface area (Å²) in [5.41, 5.74) is 0.252. The lowest BCUT2D eigenvalue weighted by molar-refractivity contribution is 0.0513. The maximum atomic E-state index is 12.7. The summed E-state index contributed by atoms with van der Waals surface area (Å²) in [5, 5.41) is 21.0. The quantitative estimate of drug-likeness (QED) is 0.587. The largest absolute Gasteiger partial charge is 0.392 e. The van der Waals surface area contributed by atoms with Gasteiger partial charge in [-0.05, 0) is 56.6 Å². The van der Waals surface area contributed by atoms with Gasteiger partial charge in [0.05, 0.1) is 22.4 Å². The van der Waals surface area contributed by atoms with Gasteiger partial charge in [-0.1, -0.05) is 61.8 Å². The number of sulfone groups is 1. The van der Waals surface area contributed by atoms with E-state index in [0.717, 1.165) is 31.3 Å². The van der Waals surface area contributed by atoms with Crippen LogP contribution < -0.4 is 0 Å². The molecule has 5 heteroatoms. The van der Waals surface area contributed by atoms with E-state index < -0.39 is 21.5 Å². The van der Waals surface area contributed by atoms with Crippen LogP contribution >= 0.6 is 0 Å². The van der Waals surface area contributed by atoms with Crippen LogP contribution in [0.4, 0.5) is 0 Å². The van der Waals surface area contributed by atoms with Crippen molar-refractivity contribution in [1.82, 2.24) is 0 Å². The molecule has 1 saturated carbocycles. The molecule has 0 heterocycles. The van der Waals surface area contributed by atoms with E-state index in [1.54, 1.807) is 24.3 Å². The topological polar surface area (TPSA) is 74.6 Å². The van der Waals surface area contributed by atoms with Crippen LogP contribution in [0.3, 0.4) is 0 Å². The van der Waals surface area contributed by atoms with Crippen molar-refractivity contribution in [3.63, 3.8) is 0 Å². The highest BCUT2D eigenvalue weighted by atomic mass is 32.2. The minimum absolute atomic E-state index is 0.0233. The van der Waals surface area contributed by atoms with Gasteiger partial charge < -0.3 is 10.2 Å². The highest BCUT2D eigenvalue weighted by Gasteiger charge is 2.43. The number of unbranched alkanes of at least 4 members (excludes halogenated alkanes) is 1. The Kier molecular flexibility index (Phi) is 7.02. The van der Waals surface area contributed by atoms with Crippen LogP contribution in [0.2, 0.25) is 0 Å². The van der Waals surface area contributed by atoms with Crippen molar-refractivity contribution in [2.75, 3.05) is 5.75 Å². The molecule has 0 spiro atoms. The Labute approximate surface area is 175 Å². The first-order chi connectivity index (χ1) is 13.7. The highest BCUT2D eigenvalue weighted by molar-refractivity contribution is 7.91. The SMILES string of the molecule is CCCC[C@](C)(O)C/C=C/[C@H]1[C@H]2CC(CS(=O)(=O)c3ccccc3)=C[C@H]2C[C@H]1O. The molecule has 0 amide bonds. The molecule has 4 nitrogen and oxygen atoms in total. The van der Waals surface area contributed by atoms with Crippen LogP contribution in [0.15, 0.2) is 59.0 Å². The maximum Gasteiger partial charge on any atom is 0.182 e. The van der Waals surface area contributed by atoms with Crippen LogP contribution in [0.1, 0.15) is 52.4 Å². The molecule has 0 aromatic heterocycles. The molecule has 0 saturated heterocycles. The van der Waals surface area contributed by atoms with Crippen molar-refractivity contribution >= 4 is 9.84 Å². The standard InChI is InChI=1S/C24H34O4S/c1-3-4-12-24(2,26)13-8-11-21-22-15-18(14-19(22)16-23(21)25)17-29(27,28)20-9-6-5-7-10-20/h5-11,14,19,21-23,25-26H,3-4,12-13,15-17H2,1-2H3/b11-8+/t19-,21-,22-,23+,24-/m0/s1. The summed E-state index contributed by atoms with van der Waals surface area (Å²) in [5.74, 6) is 0.571. The minimum Gasteiger partial charge on any atom is -0.392 e. The van der Waals surface area contributed by atoms with E-state index >= 15 is 0 Å².